The maximum Gasteiger partial charge on any atom is 0.433 e. The fourth-order valence-electron chi connectivity index (χ4n) is 1.50. The number of alkyl halides is 3. The lowest BCUT2D eigenvalue weighted by Crippen LogP contribution is -2.12. The molecule has 2 aromatic heterocycles. The van der Waals surface area contributed by atoms with Gasteiger partial charge < -0.3 is 9.84 Å². The number of rotatable bonds is 5. The van der Waals surface area contributed by atoms with Gasteiger partial charge in [0.05, 0.1) is 4.92 Å². The Bertz CT molecular complexity index is 629. The molecule has 0 radical (unpaired) electrons. The Morgan fingerprint density at radius 3 is 2.71 bits per heavy atom. The summed E-state index contributed by atoms with van der Waals surface area (Å²) in [5.41, 5.74) is -2.03. The molecule has 0 aliphatic heterocycles. The predicted octanol–water partition coefficient (Wildman–Crippen LogP) is 2.05. The van der Waals surface area contributed by atoms with Gasteiger partial charge in [0.1, 0.15) is 17.6 Å². The molecule has 0 aliphatic carbocycles. The maximum atomic E-state index is 12.6. The molecule has 2 aromatic rings. The number of anilines is 1. The van der Waals surface area contributed by atoms with Crippen molar-refractivity contribution in [3.8, 4) is 0 Å². The highest BCUT2D eigenvalue weighted by atomic mass is 19.4. The zero-order valence-corrected chi connectivity index (χ0v) is 10.3. The number of halogens is 3. The van der Waals surface area contributed by atoms with Gasteiger partial charge in [-0.1, -0.05) is 5.16 Å². The second kappa shape index (κ2) is 5.73. The van der Waals surface area contributed by atoms with E-state index in [9.17, 15) is 23.3 Å². The minimum Gasteiger partial charge on any atom is -0.379 e. The van der Waals surface area contributed by atoms with Crippen molar-refractivity contribution in [1.82, 2.24) is 15.1 Å². The minimum atomic E-state index is -4.68. The monoisotopic (exact) mass is 303 g/mol. The number of nitro groups is 1. The standard InChI is InChI=1S/C10H8F3N5O3/c11-10(12,13)8-3-6(7(4-15-8)18(19)20)14-2-1-9-16-5-21-17-9/h3-5H,1-2H2,(H,14,15). The highest BCUT2D eigenvalue weighted by Crippen LogP contribution is 2.32. The van der Waals surface area contributed by atoms with Crippen LogP contribution < -0.4 is 5.32 Å². The smallest absolute Gasteiger partial charge is 0.379 e. The molecule has 8 nitrogen and oxygen atoms in total. The molecule has 0 bridgehead atoms. The third-order valence-corrected chi connectivity index (χ3v) is 2.44. The Balaban J connectivity index is 2.16. The molecular weight excluding hydrogens is 295 g/mol. The Morgan fingerprint density at radius 2 is 2.14 bits per heavy atom. The number of nitrogens with zero attached hydrogens (tertiary/aromatic N) is 4. The molecule has 2 rings (SSSR count). The quantitative estimate of drug-likeness (QED) is 0.665. The van der Waals surface area contributed by atoms with Crippen LogP contribution in [0.2, 0.25) is 0 Å². The summed E-state index contributed by atoms with van der Waals surface area (Å²) >= 11 is 0. The van der Waals surface area contributed by atoms with Crippen molar-refractivity contribution >= 4 is 11.4 Å². The molecule has 112 valence electrons. The second-order valence-corrected chi connectivity index (χ2v) is 3.87. The Hall–Kier alpha value is -2.72. The molecular formula is C10H8F3N5O3. The lowest BCUT2D eigenvalue weighted by atomic mass is 10.2. The zero-order chi connectivity index (χ0) is 15.5. The van der Waals surface area contributed by atoms with Crippen LogP contribution >= 0.6 is 0 Å². The molecule has 21 heavy (non-hydrogen) atoms. The van der Waals surface area contributed by atoms with E-state index in [2.05, 4.69) is 25.0 Å². The van der Waals surface area contributed by atoms with Crippen molar-refractivity contribution in [3.63, 3.8) is 0 Å². The lowest BCUT2D eigenvalue weighted by Gasteiger charge is -2.09. The molecule has 0 saturated heterocycles. The van der Waals surface area contributed by atoms with Gasteiger partial charge in [-0.05, 0) is 6.07 Å². The summed E-state index contributed by atoms with van der Waals surface area (Å²) < 4.78 is 42.1. The summed E-state index contributed by atoms with van der Waals surface area (Å²) in [5, 5.41) is 16.8. The Morgan fingerprint density at radius 1 is 1.38 bits per heavy atom. The van der Waals surface area contributed by atoms with Crippen LogP contribution in [0.5, 0.6) is 0 Å². The summed E-state index contributed by atoms with van der Waals surface area (Å²) in [4.78, 5) is 16.7. The molecule has 0 amide bonds. The van der Waals surface area contributed by atoms with Crippen molar-refractivity contribution in [1.29, 1.82) is 0 Å². The van der Waals surface area contributed by atoms with E-state index in [4.69, 9.17) is 0 Å². The Kier molecular flexibility index (Phi) is 4.00. The number of nitrogens with one attached hydrogen (secondary N) is 1. The van der Waals surface area contributed by atoms with Gasteiger partial charge in [0.2, 0.25) is 6.39 Å². The topological polar surface area (TPSA) is 107 Å². The van der Waals surface area contributed by atoms with Crippen molar-refractivity contribution < 1.29 is 22.6 Å². The molecule has 0 aromatic carbocycles. The summed E-state index contributed by atoms with van der Waals surface area (Å²) in [6.07, 6.45) is -2.78. The number of aromatic nitrogens is 3. The first-order valence-corrected chi connectivity index (χ1v) is 5.58. The Labute approximate surface area is 115 Å². The second-order valence-electron chi connectivity index (χ2n) is 3.87. The third-order valence-electron chi connectivity index (χ3n) is 2.44. The van der Waals surface area contributed by atoms with Gasteiger partial charge in [0.15, 0.2) is 5.82 Å². The van der Waals surface area contributed by atoms with E-state index in [1.54, 1.807) is 0 Å². The predicted molar refractivity (Wildman–Crippen MR) is 62.4 cm³/mol. The van der Waals surface area contributed by atoms with Crippen LogP contribution in [-0.4, -0.2) is 26.6 Å². The number of hydrogen-bond acceptors (Lipinski definition) is 7. The van der Waals surface area contributed by atoms with Crippen LogP contribution in [0.25, 0.3) is 0 Å². The van der Waals surface area contributed by atoms with Crippen LogP contribution in [-0.2, 0) is 12.6 Å². The van der Waals surface area contributed by atoms with Gasteiger partial charge in [-0.2, -0.15) is 18.2 Å². The largest absolute Gasteiger partial charge is 0.433 e. The fourth-order valence-corrected chi connectivity index (χ4v) is 1.50. The van der Waals surface area contributed by atoms with Crippen molar-refractivity contribution in [3.05, 3.63) is 40.3 Å². The molecule has 11 heteroatoms. The summed E-state index contributed by atoms with van der Waals surface area (Å²) in [6, 6.07) is 0.592. The van der Waals surface area contributed by atoms with Gasteiger partial charge in [-0.25, -0.2) is 4.98 Å². The molecule has 0 atom stereocenters. The molecule has 2 heterocycles. The SMILES string of the molecule is O=[N+]([O-])c1cnc(C(F)(F)F)cc1NCCc1ncon1. The number of pyridine rings is 1. The molecule has 1 N–H and O–H groups in total. The first-order valence-electron chi connectivity index (χ1n) is 5.58. The average molecular weight is 303 g/mol. The van der Waals surface area contributed by atoms with E-state index < -0.39 is 22.5 Å². The fraction of sp³-hybridized carbons (Fsp3) is 0.300. The number of hydrogen-bond donors (Lipinski definition) is 1. The van der Waals surface area contributed by atoms with E-state index in [0.717, 1.165) is 6.39 Å². The summed E-state index contributed by atoms with van der Waals surface area (Å²) in [6.45, 7) is 0.0989. The van der Waals surface area contributed by atoms with Gasteiger partial charge in [-0.3, -0.25) is 10.1 Å². The van der Waals surface area contributed by atoms with Crippen LogP contribution in [0.4, 0.5) is 24.5 Å². The minimum absolute atomic E-state index is 0.0989. The van der Waals surface area contributed by atoms with Gasteiger partial charge >= 0.3 is 11.9 Å². The van der Waals surface area contributed by atoms with Gasteiger partial charge in [0.25, 0.3) is 0 Å². The van der Waals surface area contributed by atoms with Crippen molar-refractivity contribution in [2.45, 2.75) is 12.6 Å². The molecule has 0 fully saturated rings. The summed E-state index contributed by atoms with van der Waals surface area (Å²) in [7, 11) is 0. The first-order chi connectivity index (χ1) is 9.88. The molecule has 0 saturated carbocycles. The molecule has 0 unspecified atom stereocenters. The van der Waals surface area contributed by atoms with Crippen molar-refractivity contribution in [2.24, 2.45) is 0 Å². The van der Waals surface area contributed by atoms with Crippen LogP contribution in [0.15, 0.2) is 23.2 Å². The van der Waals surface area contributed by atoms with E-state index in [0.29, 0.717) is 18.1 Å². The molecule has 0 spiro atoms. The van der Waals surface area contributed by atoms with Crippen LogP contribution in [0.1, 0.15) is 11.5 Å². The highest BCUT2D eigenvalue weighted by molar-refractivity contribution is 5.61. The van der Waals surface area contributed by atoms with E-state index in [1.165, 1.54) is 0 Å². The molecule has 0 aliphatic rings. The normalized spacial score (nSPS) is 11.4. The first kappa shape index (κ1) is 14.7. The van der Waals surface area contributed by atoms with Gasteiger partial charge in [-0.15, -0.1) is 0 Å². The van der Waals surface area contributed by atoms with E-state index in [1.807, 2.05) is 0 Å². The lowest BCUT2D eigenvalue weighted by molar-refractivity contribution is -0.384. The van der Waals surface area contributed by atoms with Crippen LogP contribution in [0.3, 0.4) is 0 Å². The average Bonchev–Trinajstić information content (AvgIpc) is 2.90. The summed E-state index contributed by atoms with van der Waals surface area (Å²) in [5.74, 6) is 0.329. The van der Waals surface area contributed by atoms with Crippen LogP contribution in [0, 0.1) is 10.1 Å². The third kappa shape index (κ3) is 3.64. The maximum absolute atomic E-state index is 12.6. The van der Waals surface area contributed by atoms with Crippen molar-refractivity contribution in [2.75, 3.05) is 11.9 Å². The highest BCUT2D eigenvalue weighted by Gasteiger charge is 2.34. The van der Waals surface area contributed by atoms with E-state index in [-0.39, 0.29) is 18.7 Å². The van der Waals surface area contributed by atoms with E-state index >= 15 is 0 Å². The zero-order valence-electron chi connectivity index (χ0n) is 10.3. The van der Waals surface area contributed by atoms with Gasteiger partial charge in [0, 0.05) is 13.0 Å².